The van der Waals surface area contributed by atoms with Crippen LogP contribution < -0.4 is 18.9 Å². The number of fused-ring (bicyclic) bond motifs is 5. The van der Waals surface area contributed by atoms with Gasteiger partial charge in [-0.05, 0) is 26.3 Å². The summed E-state index contributed by atoms with van der Waals surface area (Å²) in [5.74, 6) is 3.17. The summed E-state index contributed by atoms with van der Waals surface area (Å²) in [5.41, 5.74) is 4.16. The molecule has 142 valence electrons. The average molecular weight is 368 g/mol. The summed E-state index contributed by atoms with van der Waals surface area (Å²) >= 11 is 0. The lowest BCUT2D eigenvalue weighted by atomic mass is 9.87. The molecule has 4 rings (SSSR count). The van der Waals surface area contributed by atoms with E-state index in [4.69, 9.17) is 18.9 Å². The van der Waals surface area contributed by atoms with Crippen LogP contribution in [0.25, 0.3) is 0 Å². The zero-order chi connectivity index (χ0) is 19.1. The maximum atomic E-state index is 9.80. The number of aromatic hydroxyl groups is 1. The molecule has 2 heterocycles. The second-order valence-corrected chi connectivity index (χ2v) is 7.17. The molecule has 2 atom stereocenters. The van der Waals surface area contributed by atoms with E-state index in [1.54, 1.807) is 26.4 Å². The molecule has 0 amide bonds. The van der Waals surface area contributed by atoms with Crippen molar-refractivity contribution in [2.75, 3.05) is 20.8 Å². The van der Waals surface area contributed by atoms with Gasteiger partial charge in [0.2, 0.25) is 0 Å². The first-order valence-corrected chi connectivity index (χ1v) is 9.07. The highest BCUT2D eigenvalue weighted by atomic mass is 16.5. The van der Waals surface area contributed by atoms with Gasteiger partial charge in [-0.2, -0.15) is 0 Å². The molecule has 1 N–H and O–H groups in total. The van der Waals surface area contributed by atoms with E-state index in [2.05, 4.69) is 19.9 Å². The third-order valence-corrected chi connectivity index (χ3v) is 5.20. The second kappa shape index (κ2) is 6.72. The zero-order valence-electron chi connectivity index (χ0n) is 16.0. The number of phenols is 1. The Hall–Kier alpha value is -2.82. The fraction of sp³-hybridized carbons (Fsp3) is 0.364. The van der Waals surface area contributed by atoms with Gasteiger partial charge in [0.25, 0.3) is 0 Å². The maximum absolute atomic E-state index is 9.80. The summed E-state index contributed by atoms with van der Waals surface area (Å²) in [5, 5.41) is 9.80. The van der Waals surface area contributed by atoms with Crippen molar-refractivity contribution >= 4 is 0 Å². The molecule has 5 nitrogen and oxygen atoms in total. The van der Waals surface area contributed by atoms with Crippen molar-refractivity contribution in [2.45, 2.75) is 32.3 Å². The van der Waals surface area contributed by atoms with E-state index < -0.39 is 0 Å². The van der Waals surface area contributed by atoms with E-state index in [0.717, 1.165) is 33.9 Å². The van der Waals surface area contributed by atoms with Crippen LogP contribution in [0.1, 0.15) is 42.6 Å². The van der Waals surface area contributed by atoms with Crippen LogP contribution >= 0.6 is 0 Å². The summed E-state index contributed by atoms with van der Waals surface area (Å²) in [6, 6.07) is 7.18. The minimum absolute atomic E-state index is 0.0618. The topological polar surface area (TPSA) is 57.2 Å². The number of allylic oxidation sites excluding steroid dienone is 2. The molecule has 5 heteroatoms. The number of hydrogen-bond acceptors (Lipinski definition) is 5. The zero-order valence-corrected chi connectivity index (χ0v) is 16.0. The van der Waals surface area contributed by atoms with Crippen molar-refractivity contribution in [3.8, 4) is 28.7 Å². The Labute approximate surface area is 159 Å². The van der Waals surface area contributed by atoms with Gasteiger partial charge in [-0.1, -0.05) is 17.7 Å². The first-order chi connectivity index (χ1) is 13.0. The van der Waals surface area contributed by atoms with E-state index in [-0.39, 0.29) is 17.8 Å². The fourth-order valence-electron chi connectivity index (χ4n) is 3.90. The van der Waals surface area contributed by atoms with Gasteiger partial charge >= 0.3 is 0 Å². The molecule has 0 fully saturated rings. The van der Waals surface area contributed by atoms with Crippen LogP contribution in [-0.2, 0) is 6.42 Å². The molecule has 2 aromatic rings. The van der Waals surface area contributed by atoms with Crippen molar-refractivity contribution in [3.05, 3.63) is 52.6 Å². The molecular formula is C22H24O5. The molecule has 2 aliphatic rings. The molecule has 0 spiro atoms. The highest BCUT2D eigenvalue weighted by Crippen LogP contribution is 2.56. The summed E-state index contributed by atoms with van der Waals surface area (Å²) in [6.07, 6.45) is 2.64. The molecule has 0 radical (unpaired) electrons. The minimum atomic E-state index is -0.211. The normalized spacial score (nSPS) is 19.1. The number of ether oxygens (including phenoxy) is 4. The molecule has 0 saturated heterocycles. The third kappa shape index (κ3) is 2.87. The lowest BCUT2D eigenvalue weighted by molar-refractivity contribution is 0.134. The largest absolute Gasteiger partial charge is 0.508 e. The van der Waals surface area contributed by atoms with Gasteiger partial charge in [0, 0.05) is 23.3 Å². The number of benzene rings is 2. The predicted octanol–water partition coefficient (Wildman–Crippen LogP) is 4.53. The summed E-state index contributed by atoms with van der Waals surface area (Å²) in [4.78, 5) is 0. The number of hydrogen-bond donors (Lipinski definition) is 1. The molecule has 0 bridgehead atoms. The van der Waals surface area contributed by atoms with Crippen LogP contribution in [0.2, 0.25) is 0 Å². The molecule has 2 aliphatic heterocycles. The fourth-order valence-corrected chi connectivity index (χ4v) is 3.90. The van der Waals surface area contributed by atoms with E-state index in [0.29, 0.717) is 18.8 Å². The van der Waals surface area contributed by atoms with Gasteiger partial charge in [-0.15, -0.1) is 0 Å². The monoisotopic (exact) mass is 368 g/mol. The Morgan fingerprint density at radius 1 is 1.19 bits per heavy atom. The average Bonchev–Trinajstić information content (AvgIpc) is 3.02. The van der Waals surface area contributed by atoms with E-state index in [9.17, 15) is 5.11 Å². The minimum Gasteiger partial charge on any atom is -0.508 e. The predicted molar refractivity (Wildman–Crippen MR) is 102 cm³/mol. The van der Waals surface area contributed by atoms with Crippen molar-refractivity contribution in [2.24, 2.45) is 0 Å². The molecule has 2 aromatic carbocycles. The maximum Gasteiger partial charge on any atom is 0.141 e. The van der Waals surface area contributed by atoms with Gasteiger partial charge < -0.3 is 24.1 Å². The van der Waals surface area contributed by atoms with Crippen LogP contribution in [0.3, 0.4) is 0 Å². The highest BCUT2D eigenvalue weighted by Gasteiger charge is 2.43. The Kier molecular flexibility index (Phi) is 4.38. The SMILES string of the molecule is COc1cc2c(c(OC)c1CC=C(C)C)[C@@H]1Oc3cc(O)ccc3[C@@H]1CO2. The van der Waals surface area contributed by atoms with Gasteiger partial charge in [0.1, 0.15) is 34.9 Å². The standard InChI is InChI=1S/C22H24O5/c1-12(2)5-7-15-17(24-3)10-19-20(21(15)25-4)22-16(11-26-19)14-8-6-13(23)9-18(14)27-22/h5-6,8-10,16,22-23H,7,11H2,1-4H3/t16-,22+/m0/s1. The van der Waals surface area contributed by atoms with Crippen molar-refractivity contribution in [3.63, 3.8) is 0 Å². The van der Waals surface area contributed by atoms with Crippen LogP contribution in [0, 0.1) is 0 Å². The Balaban J connectivity index is 1.85. The van der Waals surface area contributed by atoms with Gasteiger partial charge in [-0.25, -0.2) is 0 Å². The molecular weight excluding hydrogens is 344 g/mol. The van der Waals surface area contributed by atoms with Crippen molar-refractivity contribution in [1.29, 1.82) is 0 Å². The molecule has 0 aliphatic carbocycles. The van der Waals surface area contributed by atoms with Crippen molar-refractivity contribution in [1.82, 2.24) is 0 Å². The van der Waals surface area contributed by atoms with E-state index in [1.165, 1.54) is 5.57 Å². The van der Waals surface area contributed by atoms with Crippen LogP contribution in [-0.4, -0.2) is 25.9 Å². The molecule has 27 heavy (non-hydrogen) atoms. The lowest BCUT2D eigenvalue weighted by Crippen LogP contribution is -2.24. The first-order valence-electron chi connectivity index (χ1n) is 9.07. The van der Waals surface area contributed by atoms with Crippen molar-refractivity contribution < 1.29 is 24.1 Å². The van der Waals surface area contributed by atoms with E-state index in [1.807, 2.05) is 12.1 Å². The molecule has 0 aromatic heterocycles. The smallest absolute Gasteiger partial charge is 0.141 e. The highest BCUT2D eigenvalue weighted by molar-refractivity contribution is 5.62. The van der Waals surface area contributed by atoms with Crippen LogP contribution in [0.5, 0.6) is 28.7 Å². The Morgan fingerprint density at radius 3 is 2.70 bits per heavy atom. The summed E-state index contributed by atoms with van der Waals surface area (Å²) < 4.78 is 23.8. The lowest BCUT2D eigenvalue weighted by Gasteiger charge is -2.31. The Bertz CT molecular complexity index is 911. The quantitative estimate of drug-likeness (QED) is 0.804. The first kappa shape index (κ1) is 17.6. The number of rotatable bonds is 4. The van der Waals surface area contributed by atoms with Crippen LogP contribution in [0.15, 0.2) is 35.9 Å². The molecule has 0 unspecified atom stereocenters. The number of phenolic OH excluding ortho intramolecular Hbond substituents is 1. The number of methoxy groups -OCH3 is 2. The van der Waals surface area contributed by atoms with E-state index >= 15 is 0 Å². The van der Waals surface area contributed by atoms with Crippen LogP contribution in [0.4, 0.5) is 0 Å². The second-order valence-electron chi connectivity index (χ2n) is 7.17. The summed E-state index contributed by atoms with van der Waals surface area (Å²) in [6.45, 7) is 4.65. The van der Waals surface area contributed by atoms with Gasteiger partial charge in [0.15, 0.2) is 0 Å². The molecule has 0 saturated carbocycles. The van der Waals surface area contributed by atoms with Gasteiger partial charge in [-0.3, -0.25) is 0 Å². The summed E-state index contributed by atoms with van der Waals surface area (Å²) in [7, 11) is 3.32. The third-order valence-electron chi connectivity index (χ3n) is 5.20. The Morgan fingerprint density at radius 2 is 2.00 bits per heavy atom. The van der Waals surface area contributed by atoms with Gasteiger partial charge in [0.05, 0.1) is 32.3 Å².